The van der Waals surface area contributed by atoms with Gasteiger partial charge in [-0.2, -0.15) is 0 Å². The largest absolute Gasteiger partial charge is 0.495 e. The van der Waals surface area contributed by atoms with Crippen LogP contribution in [-0.2, 0) is 21.2 Å². The molecule has 7 heteroatoms. The lowest BCUT2D eigenvalue weighted by atomic mass is 10.1. The van der Waals surface area contributed by atoms with Crippen molar-refractivity contribution in [1.82, 2.24) is 5.32 Å². The third-order valence-electron chi connectivity index (χ3n) is 4.55. The molecule has 6 nitrogen and oxygen atoms in total. The van der Waals surface area contributed by atoms with Crippen molar-refractivity contribution in [1.29, 1.82) is 0 Å². The number of hydrogen-bond donors (Lipinski definition) is 1. The van der Waals surface area contributed by atoms with Crippen LogP contribution in [0, 0.1) is 0 Å². The highest BCUT2D eigenvalue weighted by atomic mass is 32.2. The highest BCUT2D eigenvalue weighted by Crippen LogP contribution is 2.31. The van der Waals surface area contributed by atoms with E-state index in [9.17, 15) is 13.2 Å². The summed E-state index contributed by atoms with van der Waals surface area (Å²) < 4.78 is 33.1. The second-order valence-electron chi connectivity index (χ2n) is 6.58. The van der Waals surface area contributed by atoms with E-state index < -0.39 is 15.9 Å². The van der Waals surface area contributed by atoms with Gasteiger partial charge in [0.05, 0.1) is 17.7 Å². The fourth-order valence-corrected chi connectivity index (χ4v) is 4.48. The molecule has 3 rings (SSSR count). The number of amides is 1. The van der Waals surface area contributed by atoms with Crippen LogP contribution in [0.25, 0.3) is 0 Å². The molecule has 0 aliphatic carbocycles. The Labute approximate surface area is 177 Å². The van der Waals surface area contributed by atoms with Crippen molar-refractivity contribution < 1.29 is 17.9 Å². The van der Waals surface area contributed by atoms with E-state index in [1.54, 1.807) is 42.5 Å². The number of anilines is 1. The number of rotatable bonds is 9. The Morgan fingerprint density at radius 1 is 0.900 bits per heavy atom. The van der Waals surface area contributed by atoms with E-state index in [0.29, 0.717) is 24.4 Å². The molecule has 0 atom stereocenters. The van der Waals surface area contributed by atoms with Crippen LogP contribution in [0.5, 0.6) is 5.75 Å². The number of methoxy groups -OCH3 is 1. The smallest absolute Gasteiger partial charge is 0.264 e. The van der Waals surface area contributed by atoms with Crippen LogP contribution < -0.4 is 14.4 Å². The van der Waals surface area contributed by atoms with Gasteiger partial charge in [-0.15, -0.1) is 0 Å². The van der Waals surface area contributed by atoms with Gasteiger partial charge in [0, 0.05) is 6.54 Å². The molecule has 156 valence electrons. The van der Waals surface area contributed by atoms with Gasteiger partial charge in [0.1, 0.15) is 12.3 Å². The van der Waals surface area contributed by atoms with Crippen LogP contribution in [0.3, 0.4) is 0 Å². The Kier molecular flexibility index (Phi) is 7.08. The van der Waals surface area contributed by atoms with Crippen LogP contribution in [0.15, 0.2) is 89.8 Å². The first kappa shape index (κ1) is 21.4. The first-order chi connectivity index (χ1) is 14.5. The second kappa shape index (κ2) is 9.93. The summed E-state index contributed by atoms with van der Waals surface area (Å²) in [6.45, 7) is 0.0559. The minimum absolute atomic E-state index is 0.105. The lowest BCUT2D eigenvalue weighted by Gasteiger charge is -2.25. The minimum atomic E-state index is -3.97. The minimum Gasteiger partial charge on any atom is -0.495 e. The van der Waals surface area contributed by atoms with Crippen molar-refractivity contribution in [2.45, 2.75) is 11.3 Å². The van der Waals surface area contributed by atoms with E-state index >= 15 is 0 Å². The Morgan fingerprint density at radius 3 is 2.17 bits per heavy atom. The number of carbonyl (C=O) groups excluding carboxylic acids is 1. The maximum Gasteiger partial charge on any atom is 0.264 e. The van der Waals surface area contributed by atoms with E-state index in [2.05, 4.69) is 5.32 Å². The molecule has 1 N–H and O–H groups in total. The number of carbonyl (C=O) groups is 1. The predicted molar refractivity (Wildman–Crippen MR) is 117 cm³/mol. The number of nitrogens with zero attached hydrogens (tertiary/aromatic N) is 1. The topological polar surface area (TPSA) is 75.7 Å². The molecule has 0 bridgehead atoms. The van der Waals surface area contributed by atoms with E-state index in [1.165, 1.54) is 19.2 Å². The van der Waals surface area contributed by atoms with Gasteiger partial charge in [-0.05, 0) is 36.2 Å². The van der Waals surface area contributed by atoms with E-state index in [0.717, 1.165) is 9.87 Å². The number of benzene rings is 3. The SMILES string of the molecule is COc1ccccc1N(CC(=O)NCCc1ccccc1)S(=O)(=O)c1ccccc1. The normalized spacial score (nSPS) is 11.0. The van der Waals surface area contributed by atoms with Crippen LogP contribution in [0.1, 0.15) is 5.56 Å². The zero-order valence-corrected chi connectivity index (χ0v) is 17.5. The summed E-state index contributed by atoms with van der Waals surface area (Å²) in [5, 5.41) is 2.81. The second-order valence-corrected chi connectivity index (χ2v) is 8.44. The Bertz CT molecular complexity index is 1070. The average molecular weight is 425 g/mol. The molecule has 30 heavy (non-hydrogen) atoms. The monoisotopic (exact) mass is 424 g/mol. The van der Waals surface area contributed by atoms with Crippen molar-refractivity contribution in [3.05, 3.63) is 90.5 Å². The summed E-state index contributed by atoms with van der Waals surface area (Å²) in [4.78, 5) is 12.7. The van der Waals surface area contributed by atoms with Crippen molar-refractivity contribution in [3.63, 3.8) is 0 Å². The molecule has 0 saturated heterocycles. The highest BCUT2D eigenvalue weighted by Gasteiger charge is 2.29. The Balaban J connectivity index is 1.82. The lowest BCUT2D eigenvalue weighted by molar-refractivity contribution is -0.119. The van der Waals surface area contributed by atoms with Crippen molar-refractivity contribution >= 4 is 21.6 Å². The number of hydrogen-bond acceptors (Lipinski definition) is 4. The van der Waals surface area contributed by atoms with E-state index in [4.69, 9.17) is 4.74 Å². The summed E-state index contributed by atoms with van der Waals surface area (Å²) in [6.07, 6.45) is 0.659. The molecule has 0 spiro atoms. The number of nitrogens with one attached hydrogen (secondary N) is 1. The summed E-state index contributed by atoms with van der Waals surface area (Å²) in [6, 6.07) is 24.5. The fourth-order valence-electron chi connectivity index (χ4n) is 3.03. The fraction of sp³-hybridized carbons (Fsp3) is 0.174. The summed E-state index contributed by atoms with van der Waals surface area (Å²) in [7, 11) is -2.50. The average Bonchev–Trinajstić information content (AvgIpc) is 2.78. The molecule has 0 aliphatic rings. The summed E-state index contributed by atoms with van der Waals surface area (Å²) >= 11 is 0. The molecular weight excluding hydrogens is 400 g/mol. The third-order valence-corrected chi connectivity index (χ3v) is 6.32. The first-order valence-corrected chi connectivity index (χ1v) is 11.0. The van der Waals surface area contributed by atoms with E-state index in [1.807, 2.05) is 30.3 Å². The molecule has 0 aliphatic heterocycles. The molecule has 0 heterocycles. The molecule has 3 aromatic rings. The molecule has 0 radical (unpaired) electrons. The van der Waals surface area contributed by atoms with E-state index in [-0.39, 0.29) is 11.4 Å². The number of para-hydroxylation sites is 2. The quantitative estimate of drug-likeness (QED) is 0.572. The molecular formula is C23H24N2O4S. The van der Waals surface area contributed by atoms with Crippen LogP contribution in [0.4, 0.5) is 5.69 Å². The van der Waals surface area contributed by atoms with Crippen molar-refractivity contribution in [3.8, 4) is 5.75 Å². The van der Waals surface area contributed by atoms with Gasteiger partial charge in [-0.25, -0.2) is 8.42 Å². The van der Waals surface area contributed by atoms with Crippen LogP contribution >= 0.6 is 0 Å². The van der Waals surface area contributed by atoms with Crippen molar-refractivity contribution in [2.24, 2.45) is 0 Å². The van der Waals surface area contributed by atoms with Crippen molar-refractivity contribution in [2.75, 3.05) is 24.5 Å². The molecule has 1 amide bonds. The van der Waals surface area contributed by atoms with Gasteiger partial charge in [0.15, 0.2) is 0 Å². The van der Waals surface area contributed by atoms with Crippen LogP contribution in [0.2, 0.25) is 0 Å². The van der Waals surface area contributed by atoms with Gasteiger partial charge < -0.3 is 10.1 Å². The molecule has 0 aromatic heterocycles. The van der Waals surface area contributed by atoms with Gasteiger partial charge in [0.25, 0.3) is 10.0 Å². The Hall–Kier alpha value is -3.32. The van der Waals surface area contributed by atoms with Gasteiger partial charge >= 0.3 is 0 Å². The van der Waals surface area contributed by atoms with Crippen LogP contribution in [-0.4, -0.2) is 34.5 Å². The zero-order chi connectivity index (χ0) is 21.4. The summed E-state index contributed by atoms with van der Waals surface area (Å²) in [5.41, 5.74) is 1.40. The third kappa shape index (κ3) is 5.18. The summed E-state index contributed by atoms with van der Waals surface area (Å²) in [5.74, 6) is -0.0227. The standard InChI is InChI=1S/C23H24N2O4S/c1-29-22-15-9-8-14-21(22)25(30(27,28)20-12-6-3-7-13-20)18-23(26)24-17-16-19-10-4-2-5-11-19/h2-15H,16-18H2,1H3,(H,24,26). The zero-order valence-electron chi connectivity index (χ0n) is 16.7. The molecule has 0 fully saturated rings. The highest BCUT2D eigenvalue weighted by molar-refractivity contribution is 7.92. The number of ether oxygens (including phenoxy) is 1. The molecule has 0 saturated carbocycles. The first-order valence-electron chi connectivity index (χ1n) is 9.54. The Morgan fingerprint density at radius 2 is 1.50 bits per heavy atom. The molecule has 0 unspecified atom stereocenters. The van der Waals surface area contributed by atoms with Gasteiger partial charge in [-0.3, -0.25) is 9.10 Å². The maximum absolute atomic E-state index is 13.3. The maximum atomic E-state index is 13.3. The predicted octanol–water partition coefficient (Wildman–Crippen LogP) is 3.25. The van der Waals surface area contributed by atoms with Gasteiger partial charge in [0.2, 0.25) is 5.91 Å². The molecule has 3 aromatic carbocycles. The lowest BCUT2D eigenvalue weighted by Crippen LogP contribution is -2.41. The van der Waals surface area contributed by atoms with Gasteiger partial charge in [-0.1, -0.05) is 60.7 Å². The number of sulfonamides is 1.